The number of hydrogen-bond acceptors (Lipinski definition) is 5. The second kappa shape index (κ2) is 16.0. The van der Waals surface area contributed by atoms with Gasteiger partial charge in [0.2, 0.25) is 0 Å². The van der Waals surface area contributed by atoms with Crippen molar-refractivity contribution in [3.63, 3.8) is 0 Å². The van der Waals surface area contributed by atoms with Crippen LogP contribution in [0.15, 0.2) is 72.8 Å². The Hall–Kier alpha value is -3.26. The molecule has 39 heavy (non-hydrogen) atoms. The minimum Gasteiger partial charge on any atom is -0.492 e. The van der Waals surface area contributed by atoms with Crippen LogP contribution in [0.4, 0.5) is 4.79 Å². The van der Waals surface area contributed by atoms with Gasteiger partial charge in [0.1, 0.15) is 19.0 Å². The van der Waals surface area contributed by atoms with Crippen LogP contribution < -0.4 is 4.74 Å². The van der Waals surface area contributed by atoms with Crippen molar-refractivity contribution in [2.24, 2.45) is 0 Å². The van der Waals surface area contributed by atoms with Gasteiger partial charge >= 0.3 is 12.1 Å². The van der Waals surface area contributed by atoms with Crippen LogP contribution in [-0.4, -0.2) is 54.5 Å². The summed E-state index contributed by atoms with van der Waals surface area (Å²) in [6.45, 7) is 3.34. The van der Waals surface area contributed by atoms with Gasteiger partial charge in [-0.2, -0.15) is 0 Å². The molecule has 3 aromatic carbocycles. The second-order valence-electron chi connectivity index (χ2n) is 8.89. The maximum atomic E-state index is 12.9. The third-order valence-corrected chi connectivity index (χ3v) is 6.33. The Morgan fingerprint density at radius 2 is 1.59 bits per heavy atom. The number of ether oxygens (including phenoxy) is 3. The van der Waals surface area contributed by atoms with E-state index in [0.29, 0.717) is 48.3 Å². The summed E-state index contributed by atoms with van der Waals surface area (Å²) in [6, 6.07) is 22.1. The summed E-state index contributed by atoms with van der Waals surface area (Å²) in [5.41, 5.74) is 2.73. The van der Waals surface area contributed by atoms with Crippen LogP contribution >= 0.6 is 23.2 Å². The lowest BCUT2D eigenvalue weighted by Gasteiger charge is -2.22. The first-order valence-electron chi connectivity index (χ1n) is 12.8. The molecule has 0 bridgehead atoms. The monoisotopic (exact) mass is 573 g/mol. The molecule has 0 aliphatic heterocycles. The molecule has 0 aromatic heterocycles. The molecule has 1 atom stereocenters. The Morgan fingerprint density at radius 3 is 2.23 bits per heavy atom. The molecule has 208 valence electrons. The summed E-state index contributed by atoms with van der Waals surface area (Å²) in [6.07, 6.45) is 0.348. The summed E-state index contributed by atoms with van der Waals surface area (Å²) < 4.78 is 16.7. The van der Waals surface area contributed by atoms with Gasteiger partial charge < -0.3 is 24.2 Å². The number of aliphatic carboxylic acids is 1. The standard InChI is InChI=1S/C30H33Cl2NO6/c1-2-37-28(29(34)35)19-22-10-12-27(13-11-22)38-16-15-33(30(36)39-21-23-7-4-3-5-8-23)14-6-9-24-17-25(31)20-26(32)18-24/h3-5,7-8,10-13,17-18,20,28H,2,6,9,14-16,19,21H2,1H3,(H,34,35). The maximum absolute atomic E-state index is 12.9. The zero-order valence-electron chi connectivity index (χ0n) is 21.9. The Labute approximate surface area is 239 Å². The Bertz CT molecular complexity index is 1170. The number of amides is 1. The fourth-order valence-corrected chi connectivity index (χ4v) is 4.53. The van der Waals surface area contributed by atoms with E-state index in [4.69, 9.17) is 37.4 Å². The van der Waals surface area contributed by atoms with Crippen LogP contribution in [0.3, 0.4) is 0 Å². The number of hydrogen-bond donors (Lipinski definition) is 1. The van der Waals surface area contributed by atoms with Gasteiger partial charge in [-0.3, -0.25) is 0 Å². The molecule has 1 amide bonds. The molecular formula is C30H33Cl2NO6. The van der Waals surface area contributed by atoms with Gasteiger partial charge in [0.05, 0.1) is 6.54 Å². The first kappa shape index (κ1) is 30.3. The predicted molar refractivity (Wildman–Crippen MR) is 152 cm³/mol. The molecule has 0 aliphatic carbocycles. The van der Waals surface area contributed by atoms with Crippen molar-refractivity contribution in [3.8, 4) is 5.75 Å². The molecule has 0 radical (unpaired) electrons. The lowest BCUT2D eigenvalue weighted by Crippen LogP contribution is -2.36. The molecule has 1 N–H and O–H groups in total. The highest BCUT2D eigenvalue weighted by atomic mass is 35.5. The van der Waals surface area contributed by atoms with Crippen LogP contribution in [0.5, 0.6) is 5.75 Å². The molecule has 3 rings (SSSR count). The van der Waals surface area contributed by atoms with E-state index in [1.807, 2.05) is 54.6 Å². The fourth-order valence-electron chi connectivity index (χ4n) is 3.96. The van der Waals surface area contributed by atoms with E-state index in [2.05, 4.69) is 0 Å². The molecule has 0 saturated carbocycles. The first-order valence-corrected chi connectivity index (χ1v) is 13.6. The predicted octanol–water partition coefficient (Wildman–Crippen LogP) is 6.68. The number of rotatable bonds is 15. The molecule has 0 heterocycles. The summed E-state index contributed by atoms with van der Waals surface area (Å²) in [7, 11) is 0. The highest BCUT2D eigenvalue weighted by molar-refractivity contribution is 6.34. The lowest BCUT2D eigenvalue weighted by molar-refractivity contribution is -0.149. The number of nitrogens with zero attached hydrogens (tertiary/aromatic N) is 1. The van der Waals surface area contributed by atoms with Gasteiger partial charge in [-0.1, -0.05) is 65.7 Å². The van der Waals surface area contributed by atoms with Crippen LogP contribution in [0.1, 0.15) is 30.0 Å². The van der Waals surface area contributed by atoms with Gasteiger partial charge in [0.15, 0.2) is 6.10 Å². The van der Waals surface area contributed by atoms with E-state index < -0.39 is 18.2 Å². The van der Waals surface area contributed by atoms with Crippen molar-refractivity contribution in [1.82, 2.24) is 4.90 Å². The van der Waals surface area contributed by atoms with E-state index in [9.17, 15) is 14.7 Å². The van der Waals surface area contributed by atoms with Crippen molar-refractivity contribution in [1.29, 1.82) is 0 Å². The molecule has 3 aromatic rings. The zero-order chi connectivity index (χ0) is 28.0. The van der Waals surface area contributed by atoms with Crippen molar-refractivity contribution in [2.75, 3.05) is 26.3 Å². The molecule has 0 aliphatic rings. The van der Waals surface area contributed by atoms with Gasteiger partial charge in [0.25, 0.3) is 0 Å². The van der Waals surface area contributed by atoms with Crippen LogP contribution in [0, 0.1) is 0 Å². The Balaban J connectivity index is 1.55. The lowest BCUT2D eigenvalue weighted by atomic mass is 10.1. The second-order valence-corrected chi connectivity index (χ2v) is 9.76. The van der Waals surface area contributed by atoms with Gasteiger partial charge in [-0.25, -0.2) is 9.59 Å². The number of aryl methyl sites for hydroxylation is 1. The highest BCUT2D eigenvalue weighted by Gasteiger charge is 2.18. The molecule has 0 spiro atoms. The van der Waals surface area contributed by atoms with Crippen LogP contribution in [-0.2, 0) is 33.7 Å². The smallest absolute Gasteiger partial charge is 0.410 e. The summed E-state index contributed by atoms with van der Waals surface area (Å²) in [5.74, 6) is -0.372. The van der Waals surface area contributed by atoms with Crippen molar-refractivity contribution < 1.29 is 28.9 Å². The Morgan fingerprint density at radius 1 is 0.897 bits per heavy atom. The van der Waals surface area contributed by atoms with Gasteiger partial charge in [-0.05, 0) is 66.8 Å². The number of carbonyl (C=O) groups is 2. The number of carbonyl (C=O) groups excluding carboxylic acids is 1. The molecule has 1 unspecified atom stereocenters. The molecule has 0 fully saturated rings. The van der Waals surface area contributed by atoms with E-state index >= 15 is 0 Å². The Kier molecular flexibility index (Phi) is 12.4. The summed E-state index contributed by atoms with van der Waals surface area (Å²) >= 11 is 12.2. The number of benzene rings is 3. The number of halogens is 2. The van der Waals surface area contributed by atoms with Crippen molar-refractivity contribution in [2.45, 2.75) is 38.9 Å². The van der Waals surface area contributed by atoms with E-state index in [0.717, 1.165) is 16.7 Å². The zero-order valence-corrected chi connectivity index (χ0v) is 23.4. The van der Waals surface area contributed by atoms with Gasteiger partial charge in [-0.15, -0.1) is 0 Å². The number of carboxylic acids is 1. The minimum atomic E-state index is -0.991. The average molecular weight is 575 g/mol. The quantitative estimate of drug-likeness (QED) is 0.218. The highest BCUT2D eigenvalue weighted by Crippen LogP contribution is 2.20. The van der Waals surface area contributed by atoms with Crippen LogP contribution in [0.2, 0.25) is 10.0 Å². The van der Waals surface area contributed by atoms with Gasteiger partial charge in [0, 0.05) is 29.6 Å². The first-order chi connectivity index (χ1) is 18.8. The SMILES string of the molecule is CCOC(Cc1ccc(OCCN(CCCc2cc(Cl)cc(Cl)c2)C(=O)OCc2ccccc2)cc1)C(=O)O. The molecular weight excluding hydrogens is 541 g/mol. The van der Waals surface area contributed by atoms with Crippen molar-refractivity contribution in [3.05, 3.63) is 99.5 Å². The van der Waals surface area contributed by atoms with E-state index in [1.54, 1.807) is 30.0 Å². The largest absolute Gasteiger partial charge is 0.492 e. The normalized spacial score (nSPS) is 11.6. The molecule has 9 heteroatoms. The third-order valence-electron chi connectivity index (χ3n) is 5.90. The minimum absolute atomic E-state index is 0.182. The fraction of sp³-hybridized carbons (Fsp3) is 0.333. The maximum Gasteiger partial charge on any atom is 0.410 e. The number of carboxylic acid groups (broad SMARTS) is 1. The summed E-state index contributed by atoms with van der Waals surface area (Å²) in [5, 5.41) is 10.4. The summed E-state index contributed by atoms with van der Waals surface area (Å²) in [4.78, 5) is 25.9. The molecule has 7 nitrogen and oxygen atoms in total. The average Bonchev–Trinajstić information content (AvgIpc) is 2.91. The van der Waals surface area contributed by atoms with E-state index in [1.165, 1.54) is 0 Å². The topological polar surface area (TPSA) is 85.3 Å². The molecule has 0 saturated heterocycles. The van der Waals surface area contributed by atoms with Crippen LogP contribution in [0.25, 0.3) is 0 Å². The van der Waals surface area contributed by atoms with Crippen molar-refractivity contribution >= 4 is 35.3 Å². The third kappa shape index (κ3) is 10.8. The van der Waals surface area contributed by atoms with E-state index in [-0.39, 0.29) is 19.6 Å².